The van der Waals surface area contributed by atoms with E-state index in [0.29, 0.717) is 12.1 Å². The van der Waals surface area contributed by atoms with Crippen molar-refractivity contribution in [3.05, 3.63) is 0 Å². The smallest absolute Gasteiger partial charge is 0.195 e. The summed E-state index contributed by atoms with van der Waals surface area (Å²) in [5, 5.41) is 0. The molecule has 1 aliphatic heterocycles. The van der Waals surface area contributed by atoms with Crippen molar-refractivity contribution in [2.24, 2.45) is 5.92 Å². The summed E-state index contributed by atoms with van der Waals surface area (Å²) in [5.74, 6) is 0.637. The van der Waals surface area contributed by atoms with E-state index in [9.17, 15) is 0 Å². The molecule has 1 aliphatic rings. The summed E-state index contributed by atoms with van der Waals surface area (Å²) in [6.07, 6.45) is 0.417. The molecular formula is C8H18NO+. The van der Waals surface area contributed by atoms with Crippen LogP contribution < -0.4 is 0 Å². The Hall–Kier alpha value is -0.0800. The monoisotopic (exact) mass is 144 g/mol. The molecule has 2 nitrogen and oxygen atoms in total. The van der Waals surface area contributed by atoms with Crippen molar-refractivity contribution in [1.29, 1.82) is 0 Å². The highest BCUT2D eigenvalue weighted by Crippen LogP contribution is 2.21. The molecule has 0 aromatic rings. The second-order valence-corrected chi connectivity index (χ2v) is 4.01. The molecule has 1 fully saturated rings. The van der Waals surface area contributed by atoms with Crippen LogP contribution in [0.1, 0.15) is 13.8 Å². The lowest BCUT2D eigenvalue weighted by molar-refractivity contribution is -0.918. The average molecular weight is 144 g/mol. The maximum absolute atomic E-state index is 5.60. The summed E-state index contributed by atoms with van der Waals surface area (Å²) >= 11 is 0. The number of hydrogen-bond acceptors (Lipinski definition) is 1. The Morgan fingerprint density at radius 1 is 1.40 bits per heavy atom. The number of likely N-dealkylation sites (N-methyl/N-ethyl adjacent to an activating group) is 1. The van der Waals surface area contributed by atoms with E-state index in [-0.39, 0.29) is 0 Å². The van der Waals surface area contributed by atoms with Gasteiger partial charge in [0, 0.05) is 5.92 Å². The first-order valence-corrected chi connectivity index (χ1v) is 3.98. The van der Waals surface area contributed by atoms with Crippen LogP contribution in [0.3, 0.4) is 0 Å². The summed E-state index contributed by atoms with van der Waals surface area (Å²) < 4.78 is 6.63. The van der Waals surface area contributed by atoms with E-state index in [2.05, 4.69) is 27.9 Å². The van der Waals surface area contributed by atoms with Gasteiger partial charge < -0.3 is 9.22 Å². The van der Waals surface area contributed by atoms with Crippen molar-refractivity contribution in [2.45, 2.75) is 20.1 Å². The summed E-state index contributed by atoms with van der Waals surface area (Å²) in [4.78, 5) is 0. The number of ether oxygens (including phenoxy) is 1. The first-order chi connectivity index (χ1) is 4.54. The zero-order valence-electron chi connectivity index (χ0n) is 7.42. The maximum atomic E-state index is 5.60. The van der Waals surface area contributed by atoms with E-state index < -0.39 is 0 Å². The van der Waals surface area contributed by atoms with Crippen molar-refractivity contribution in [3.8, 4) is 0 Å². The topological polar surface area (TPSA) is 9.23 Å². The standard InChI is InChI=1S/C8H18NO/c1-7(2)8-9(3,4)5-6-10-8/h7-8H,5-6H2,1-4H3/q+1/t8-/m0/s1. The Labute approximate surface area is 63.4 Å². The van der Waals surface area contributed by atoms with Gasteiger partial charge in [-0.25, -0.2) is 0 Å². The molecule has 0 unspecified atom stereocenters. The fourth-order valence-electron chi connectivity index (χ4n) is 1.74. The molecule has 0 aliphatic carbocycles. The largest absolute Gasteiger partial charge is 0.323 e. The number of quaternary nitrogens is 1. The molecular weight excluding hydrogens is 126 g/mol. The Morgan fingerprint density at radius 3 is 2.20 bits per heavy atom. The van der Waals surface area contributed by atoms with Gasteiger partial charge in [-0.15, -0.1) is 0 Å². The third-order valence-electron chi connectivity index (χ3n) is 2.22. The molecule has 0 aromatic carbocycles. The molecule has 1 rings (SSSR count). The first kappa shape index (κ1) is 8.02. The number of rotatable bonds is 1. The van der Waals surface area contributed by atoms with E-state index in [1.807, 2.05) is 0 Å². The summed E-state index contributed by atoms with van der Waals surface area (Å²) in [7, 11) is 4.47. The molecule has 0 bridgehead atoms. The molecule has 0 aromatic heterocycles. The minimum atomic E-state index is 0.417. The van der Waals surface area contributed by atoms with Crippen LogP contribution in [0.2, 0.25) is 0 Å². The second kappa shape index (κ2) is 2.51. The van der Waals surface area contributed by atoms with Crippen LogP contribution in [0.5, 0.6) is 0 Å². The third kappa shape index (κ3) is 1.32. The predicted octanol–water partition coefficient (Wildman–Crippen LogP) is 1.08. The van der Waals surface area contributed by atoms with Crippen molar-refractivity contribution in [1.82, 2.24) is 0 Å². The molecule has 1 atom stereocenters. The van der Waals surface area contributed by atoms with E-state index in [1.54, 1.807) is 0 Å². The van der Waals surface area contributed by atoms with Crippen molar-refractivity contribution < 1.29 is 9.22 Å². The molecule has 0 spiro atoms. The predicted molar refractivity (Wildman–Crippen MR) is 41.6 cm³/mol. The van der Waals surface area contributed by atoms with E-state index in [0.717, 1.165) is 17.6 Å². The van der Waals surface area contributed by atoms with Gasteiger partial charge in [0.2, 0.25) is 0 Å². The van der Waals surface area contributed by atoms with Gasteiger partial charge in [-0.1, -0.05) is 13.8 Å². The molecule has 0 amide bonds. The SMILES string of the molecule is CC(C)[C@@H]1OCC[N+]1(C)C. The van der Waals surface area contributed by atoms with Gasteiger partial charge in [-0.05, 0) is 0 Å². The van der Waals surface area contributed by atoms with Gasteiger partial charge in [-0.2, -0.15) is 0 Å². The summed E-state index contributed by atoms with van der Waals surface area (Å²) in [6.45, 7) is 6.52. The molecule has 10 heavy (non-hydrogen) atoms. The van der Waals surface area contributed by atoms with E-state index in [1.165, 1.54) is 0 Å². The summed E-state index contributed by atoms with van der Waals surface area (Å²) in [6, 6.07) is 0. The third-order valence-corrected chi connectivity index (χ3v) is 2.22. The zero-order valence-corrected chi connectivity index (χ0v) is 7.42. The van der Waals surface area contributed by atoms with Crippen LogP contribution in [-0.2, 0) is 4.74 Å². The highest BCUT2D eigenvalue weighted by Gasteiger charge is 2.36. The molecule has 1 saturated heterocycles. The molecule has 2 heteroatoms. The first-order valence-electron chi connectivity index (χ1n) is 3.98. The van der Waals surface area contributed by atoms with Crippen LogP contribution in [0.4, 0.5) is 0 Å². The van der Waals surface area contributed by atoms with Crippen molar-refractivity contribution in [2.75, 3.05) is 27.2 Å². The van der Waals surface area contributed by atoms with Crippen LogP contribution in [0.25, 0.3) is 0 Å². The highest BCUT2D eigenvalue weighted by atomic mass is 16.5. The lowest BCUT2D eigenvalue weighted by Crippen LogP contribution is -2.47. The lowest BCUT2D eigenvalue weighted by atomic mass is 10.1. The van der Waals surface area contributed by atoms with Gasteiger partial charge in [0.25, 0.3) is 0 Å². The molecule has 0 radical (unpaired) electrons. The fraction of sp³-hybridized carbons (Fsp3) is 1.00. The average Bonchev–Trinajstić information content (AvgIpc) is 2.08. The van der Waals surface area contributed by atoms with Gasteiger partial charge in [-0.3, -0.25) is 0 Å². The molecule has 60 valence electrons. The van der Waals surface area contributed by atoms with Crippen LogP contribution in [0.15, 0.2) is 0 Å². The number of hydrogen-bond donors (Lipinski definition) is 0. The Kier molecular flexibility index (Phi) is 2.02. The van der Waals surface area contributed by atoms with E-state index >= 15 is 0 Å². The highest BCUT2D eigenvalue weighted by molar-refractivity contribution is 4.56. The second-order valence-electron chi connectivity index (χ2n) is 4.01. The zero-order chi connectivity index (χ0) is 7.78. The Morgan fingerprint density at radius 2 is 2.00 bits per heavy atom. The minimum Gasteiger partial charge on any atom is -0.323 e. The van der Waals surface area contributed by atoms with Crippen LogP contribution >= 0.6 is 0 Å². The van der Waals surface area contributed by atoms with Gasteiger partial charge >= 0.3 is 0 Å². The molecule has 0 saturated carbocycles. The number of nitrogens with zero attached hydrogens (tertiary/aromatic N) is 1. The Balaban J connectivity index is 2.59. The van der Waals surface area contributed by atoms with Crippen molar-refractivity contribution in [3.63, 3.8) is 0 Å². The summed E-state index contributed by atoms with van der Waals surface area (Å²) in [5.41, 5.74) is 0. The minimum absolute atomic E-state index is 0.417. The normalized spacial score (nSPS) is 31.5. The van der Waals surface area contributed by atoms with Gasteiger partial charge in [0.15, 0.2) is 6.23 Å². The fourth-order valence-corrected chi connectivity index (χ4v) is 1.74. The van der Waals surface area contributed by atoms with E-state index in [4.69, 9.17) is 4.74 Å². The van der Waals surface area contributed by atoms with Gasteiger partial charge in [0.1, 0.15) is 13.2 Å². The Bertz CT molecular complexity index is 120. The van der Waals surface area contributed by atoms with Crippen LogP contribution in [0, 0.1) is 5.92 Å². The van der Waals surface area contributed by atoms with Crippen LogP contribution in [-0.4, -0.2) is 38.0 Å². The molecule has 1 heterocycles. The van der Waals surface area contributed by atoms with Crippen molar-refractivity contribution >= 4 is 0 Å². The quantitative estimate of drug-likeness (QED) is 0.500. The van der Waals surface area contributed by atoms with Gasteiger partial charge in [0.05, 0.1) is 14.1 Å². The lowest BCUT2D eigenvalue weighted by Gasteiger charge is -2.31. The molecule has 0 N–H and O–H groups in total. The maximum Gasteiger partial charge on any atom is 0.195 e.